The molecule has 2 heterocycles. The molecule has 0 aliphatic carbocycles. The fraction of sp³-hybridized carbons (Fsp3) is 0.917. The number of aliphatic carboxylic acids is 1. The summed E-state index contributed by atoms with van der Waals surface area (Å²) in [7, 11) is -3.47. The molecular formula is C12H22N2O5S. The van der Waals surface area contributed by atoms with E-state index >= 15 is 0 Å². The van der Waals surface area contributed by atoms with Crippen molar-refractivity contribution in [3.05, 3.63) is 0 Å². The van der Waals surface area contributed by atoms with Gasteiger partial charge in [-0.25, -0.2) is 0 Å². The highest BCUT2D eigenvalue weighted by molar-refractivity contribution is 7.86. The summed E-state index contributed by atoms with van der Waals surface area (Å²) in [6, 6.07) is 0. The Morgan fingerprint density at radius 2 is 1.45 bits per heavy atom. The van der Waals surface area contributed by atoms with E-state index in [1.165, 1.54) is 8.61 Å². The van der Waals surface area contributed by atoms with Crippen molar-refractivity contribution in [1.29, 1.82) is 0 Å². The number of aliphatic hydroxyl groups excluding tert-OH is 1. The van der Waals surface area contributed by atoms with Gasteiger partial charge in [0.15, 0.2) is 0 Å². The van der Waals surface area contributed by atoms with E-state index in [0.717, 1.165) is 0 Å². The van der Waals surface area contributed by atoms with Gasteiger partial charge in [-0.1, -0.05) is 0 Å². The van der Waals surface area contributed by atoms with Crippen molar-refractivity contribution < 1.29 is 23.4 Å². The Hall–Kier alpha value is -0.700. The van der Waals surface area contributed by atoms with Crippen LogP contribution in [-0.4, -0.2) is 66.0 Å². The molecule has 20 heavy (non-hydrogen) atoms. The van der Waals surface area contributed by atoms with Crippen molar-refractivity contribution in [3.8, 4) is 0 Å². The molecule has 0 amide bonds. The van der Waals surface area contributed by atoms with Crippen LogP contribution in [-0.2, 0) is 15.0 Å². The summed E-state index contributed by atoms with van der Waals surface area (Å²) in [5, 5.41) is 18.0. The van der Waals surface area contributed by atoms with Crippen molar-refractivity contribution in [2.75, 3.05) is 32.8 Å². The van der Waals surface area contributed by atoms with Gasteiger partial charge < -0.3 is 10.2 Å². The predicted molar refractivity (Wildman–Crippen MR) is 72.2 cm³/mol. The summed E-state index contributed by atoms with van der Waals surface area (Å²) >= 11 is 0. The molecule has 0 aromatic heterocycles. The van der Waals surface area contributed by atoms with Crippen LogP contribution in [0.15, 0.2) is 0 Å². The van der Waals surface area contributed by atoms with E-state index in [9.17, 15) is 13.2 Å². The molecule has 8 heteroatoms. The van der Waals surface area contributed by atoms with Gasteiger partial charge in [-0.05, 0) is 31.6 Å². The lowest BCUT2D eigenvalue weighted by atomic mass is 9.99. The SMILES string of the molecule is O=C(O)C1CCN(S(=O)(=O)N2CCC(CO)CC2)CC1. The van der Waals surface area contributed by atoms with Crippen molar-refractivity contribution >= 4 is 16.2 Å². The highest BCUT2D eigenvalue weighted by Crippen LogP contribution is 2.25. The number of carbonyl (C=O) groups is 1. The van der Waals surface area contributed by atoms with Crippen LogP contribution in [0.25, 0.3) is 0 Å². The van der Waals surface area contributed by atoms with E-state index in [0.29, 0.717) is 38.8 Å². The number of nitrogens with zero attached hydrogens (tertiary/aromatic N) is 2. The highest BCUT2D eigenvalue weighted by Gasteiger charge is 2.36. The number of hydrogen-bond acceptors (Lipinski definition) is 4. The number of hydrogen-bond donors (Lipinski definition) is 2. The lowest BCUT2D eigenvalue weighted by Gasteiger charge is -2.36. The second-order valence-electron chi connectivity index (χ2n) is 5.54. The van der Waals surface area contributed by atoms with Crippen LogP contribution < -0.4 is 0 Å². The van der Waals surface area contributed by atoms with Crippen LogP contribution in [0.4, 0.5) is 0 Å². The lowest BCUT2D eigenvalue weighted by Crippen LogP contribution is -2.50. The third-order valence-corrected chi connectivity index (χ3v) is 6.32. The second-order valence-corrected chi connectivity index (χ2v) is 7.47. The third kappa shape index (κ3) is 3.30. The Morgan fingerprint density at radius 1 is 1.00 bits per heavy atom. The summed E-state index contributed by atoms with van der Waals surface area (Å²) in [6.45, 7) is 1.54. The Bertz CT molecular complexity index is 437. The average molecular weight is 306 g/mol. The minimum absolute atomic E-state index is 0.109. The molecule has 0 unspecified atom stereocenters. The van der Waals surface area contributed by atoms with Crippen LogP contribution in [0.5, 0.6) is 0 Å². The Morgan fingerprint density at radius 3 is 1.85 bits per heavy atom. The van der Waals surface area contributed by atoms with E-state index in [2.05, 4.69) is 0 Å². The van der Waals surface area contributed by atoms with Crippen LogP contribution in [0, 0.1) is 11.8 Å². The number of carboxylic acids is 1. The monoisotopic (exact) mass is 306 g/mol. The Balaban J connectivity index is 1.93. The summed E-state index contributed by atoms with van der Waals surface area (Å²) in [6.07, 6.45) is 2.12. The van der Waals surface area contributed by atoms with Gasteiger partial charge in [-0.3, -0.25) is 4.79 Å². The maximum atomic E-state index is 12.5. The van der Waals surface area contributed by atoms with Crippen LogP contribution in [0.3, 0.4) is 0 Å². The van der Waals surface area contributed by atoms with Gasteiger partial charge in [-0.2, -0.15) is 17.0 Å². The third-order valence-electron chi connectivity index (χ3n) is 4.29. The van der Waals surface area contributed by atoms with Gasteiger partial charge in [-0.15, -0.1) is 0 Å². The molecular weight excluding hydrogens is 284 g/mol. The molecule has 0 radical (unpaired) electrons. The van der Waals surface area contributed by atoms with Crippen molar-refractivity contribution in [1.82, 2.24) is 8.61 Å². The molecule has 7 nitrogen and oxygen atoms in total. The molecule has 0 bridgehead atoms. The molecule has 2 rings (SSSR count). The first-order chi connectivity index (χ1) is 9.45. The Kier molecular flexibility index (Phi) is 5.00. The smallest absolute Gasteiger partial charge is 0.306 e. The molecule has 2 fully saturated rings. The molecule has 2 aliphatic rings. The quantitative estimate of drug-likeness (QED) is 0.745. The van der Waals surface area contributed by atoms with Crippen molar-refractivity contribution in [2.24, 2.45) is 11.8 Å². The molecule has 116 valence electrons. The van der Waals surface area contributed by atoms with Crippen LogP contribution in [0.2, 0.25) is 0 Å². The summed E-state index contributed by atoms with van der Waals surface area (Å²) < 4.78 is 27.8. The van der Waals surface area contributed by atoms with Crippen molar-refractivity contribution in [2.45, 2.75) is 25.7 Å². The number of piperidine rings is 2. The number of rotatable bonds is 4. The van der Waals surface area contributed by atoms with Gasteiger partial charge in [0.05, 0.1) is 5.92 Å². The normalized spacial score (nSPS) is 24.9. The first kappa shape index (κ1) is 15.7. The highest BCUT2D eigenvalue weighted by atomic mass is 32.2. The van der Waals surface area contributed by atoms with Gasteiger partial charge in [0, 0.05) is 32.8 Å². The molecule has 2 N–H and O–H groups in total. The zero-order valence-corrected chi connectivity index (χ0v) is 12.3. The van der Waals surface area contributed by atoms with E-state index in [4.69, 9.17) is 10.2 Å². The van der Waals surface area contributed by atoms with E-state index in [-0.39, 0.29) is 25.6 Å². The number of carboxylic acid groups (broad SMARTS) is 1. The Labute approximate surface area is 119 Å². The first-order valence-electron chi connectivity index (χ1n) is 7.04. The van der Waals surface area contributed by atoms with Crippen LogP contribution in [0.1, 0.15) is 25.7 Å². The van der Waals surface area contributed by atoms with Crippen LogP contribution >= 0.6 is 0 Å². The molecule has 0 aromatic rings. The summed E-state index contributed by atoms with van der Waals surface area (Å²) in [5.41, 5.74) is 0. The minimum Gasteiger partial charge on any atom is -0.481 e. The lowest BCUT2D eigenvalue weighted by molar-refractivity contribution is -0.142. The zero-order chi connectivity index (χ0) is 14.8. The second kappa shape index (κ2) is 6.38. The molecule has 2 saturated heterocycles. The predicted octanol–water partition coefficient (Wildman–Crippen LogP) is -0.268. The number of aliphatic hydroxyl groups is 1. The molecule has 0 atom stereocenters. The average Bonchev–Trinajstić information content (AvgIpc) is 2.47. The first-order valence-corrected chi connectivity index (χ1v) is 8.43. The summed E-state index contributed by atoms with van der Waals surface area (Å²) in [4.78, 5) is 10.9. The maximum Gasteiger partial charge on any atom is 0.306 e. The van der Waals surface area contributed by atoms with E-state index < -0.39 is 22.1 Å². The minimum atomic E-state index is -3.47. The molecule has 0 spiro atoms. The van der Waals surface area contributed by atoms with Crippen molar-refractivity contribution in [3.63, 3.8) is 0 Å². The maximum absolute atomic E-state index is 12.5. The largest absolute Gasteiger partial charge is 0.481 e. The molecule has 0 aromatic carbocycles. The fourth-order valence-corrected chi connectivity index (χ4v) is 4.49. The fourth-order valence-electron chi connectivity index (χ4n) is 2.82. The molecule has 0 saturated carbocycles. The topological polar surface area (TPSA) is 98.2 Å². The van der Waals surface area contributed by atoms with Gasteiger partial charge >= 0.3 is 5.97 Å². The summed E-state index contributed by atoms with van der Waals surface area (Å²) in [5.74, 6) is -1.08. The molecule has 2 aliphatic heterocycles. The standard InChI is InChI=1S/C12H22N2O5S/c15-9-10-1-5-13(6-2-10)20(18,19)14-7-3-11(4-8-14)12(16)17/h10-11,15H,1-9H2,(H,16,17). The van der Waals surface area contributed by atoms with E-state index in [1.807, 2.05) is 0 Å². The zero-order valence-electron chi connectivity index (χ0n) is 11.4. The van der Waals surface area contributed by atoms with Gasteiger partial charge in [0.1, 0.15) is 0 Å². The van der Waals surface area contributed by atoms with E-state index in [1.54, 1.807) is 0 Å². The van der Waals surface area contributed by atoms with Gasteiger partial charge in [0.2, 0.25) is 0 Å². The van der Waals surface area contributed by atoms with Gasteiger partial charge in [0.25, 0.3) is 10.2 Å².